The molecule has 2 aromatic rings. The maximum atomic E-state index is 12.3. The van der Waals surface area contributed by atoms with Gasteiger partial charge in [-0.05, 0) is 51.8 Å². The highest BCUT2D eigenvalue weighted by molar-refractivity contribution is 9.11. The average molecular weight is 421 g/mol. The van der Waals surface area contributed by atoms with Crippen LogP contribution >= 0.6 is 31.9 Å². The zero-order chi connectivity index (χ0) is 14.8. The van der Waals surface area contributed by atoms with E-state index < -0.39 is 10.0 Å². The van der Waals surface area contributed by atoms with E-state index in [0.717, 1.165) is 4.47 Å². The highest BCUT2D eigenvalue weighted by Crippen LogP contribution is 2.27. The van der Waals surface area contributed by atoms with Crippen molar-refractivity contribution >= 4 is 47.6 Å². The van der Waals surface area contributed by atoms with Crippen molar-refractivity contribution in [2.45, 2.75) is 11.5 Å². The topological polar surface area (TPSA) is 66.4 Å². The van der Waals surface area contributed by atoms with Gasteiger partial charge in [-0.25, -0.2) is 8.42 Å². The summed E-state index contributed by atoms with van der Waals surface area (Å²) >= 11 is 6.51. The van der Waals surface area contributed by atoms with Gasteiger partial charge in [0.2, 0.25) is 0 Å². The first kappa shape index (κ1) is 15.5. The SMILES string of the molecule is O=S(=O)(Nc1cccc(CO)c1)c1ccc(Br)cc1Br. The zero-order valence-corrected chi connectivity index (χ0v) is 14.2. The van der Waals surface area contributed by atoms with Gasteiger partial charge in [0.1, 0.15) is 4.90 Å². The molecule has 0 spiro atoms. The lowest BCUT2D eigenvalue weighted by Gasteiger charge is -2.10. The molecule has 0 bridgehead atoms. The van der Waals surface area contributed by atoms with E-state index in [0.29, 0.717) is 15.7 Å². The van der Waals surface area contributed by atoms with Crippen molar-refractivity contribution in [1.82, 2.24) is 0 Å². The van der Waals surface area contributed by atoms with Gasteiger partial charge in [0.05, 0.1) is 6.61 Å². The number of aliphatic hydroxyl groups is 1. The van der Waals surface area contributed by atoms with E-state index in [1.165, 1.54) is 6.07 Å². The van der Waals surface area contributed by atoms with Gasteiger partial charge >= 0.3 is 0 Å². The van der Waals surface area contributed by atoms with Gasteiger partial charge in [0.15, 0.2) is 0 Å². The second-order valence-electron chi connectivity index (χ2n) is 4.04. The van der Waals surface area contributed by atoms with Crippen molar-refractivity contribution in [1.29, 1.82) is 0 Å². The number of halogens is 2. The van der Waals surface area contributed by atoms with Crippen molar-refractivity contribution in [2.75, 3.05) is 4.72 Å². The van der Waals surface area contributed by atoms with Crippen LogP contribution in [0, 0.1) is 0 Å². The Morgan fingerprint density at radius 3 is 2.50 bits per heavy atom. The van der Waals surface area contributed by atoms with Crippen LogP contribution in [0.25, 0.3) is 0 Å². The summed E-state index contributed by atoms with van der Waals surface area (Å²) < 4.78 is 28.4. The van der Waals surface area contributed by atoms with E-state index in [1.54, 1.807) is 36.4 Å². The quantitative estimate of drug-likeness (QED) is 0.795. The standard InChI is InChI=1S/C13H11Br2NO3S/c14-10-4-5-13(12(15)7-10)20(18,19)16-11-3-1-2-9(6-11)8-17/h1-7,16-17H,8H2. The largest absolute Gasteiger partial charge is 0.392 e. The molecule has 0 saturated heterocycles. The van der Waals surface area contributed by atoms with Crippen molar-refractivity contribution in [2.24, 2.45) is 0 Å². The number of nitrogens with one attached hydrogen (secondary N) is 1. The minimum absolute atomic E-state index is 0.141. The number of rotatable bonds is 4. The molecule has 106 valence electrons. The van der Waals surface area contributed by atoms with Crippen LogP contribution in [0.1, 0.15) is 5.56 Å². The maximum Gasteiger partial charge on any atom is 0.263 e. The third-order valence-corrected chi connectivity index (χ3v) is 5.40. The Bertz CT molecular complexity index is 732. The Hall–Kier alpha value is -0.890. The molecule has 20 heavy (non-hydrogen) atoms. The van der Waals surface area contributed by atoms with E-state index in [2.05, 4.69) is 36.6 Å². The number of anilines is 1. The smallest absolute Gasteiger partial charge is 0.263 e. The number of benzene rings is 2. The molecular weight excluding hydrogens is 410 g/mol. The predicted octanol–water partition coefficient (Wildman–Crippen LogP) is 3.50. The molecule has 2 N–H and O–H groups in total. The molecular formula is C13H11Br2NO3S. The van der Waals surface area contributed by atoms with Crippen LogP contribution in [0.15, 0.2) is 56.3 Å². The first-order valence-corrected chi connectivity index (χ1v) is 8.67. The van der Waals surface area contributed by atoms with Crippen molar-refractivity contribution in [3.05, 3.63) is 57.0 Å². The first-order valence-electron chi connectivity index (χ1n) is 5.60. The van der Waals surface area contributed by atoms with Crippen LogP contribution in [-0.2, 0) is 16.6 Å². The molecule has 2 rings (SSSR count). The van der Waals surface area contributed by atoms with Crippen molar-refractivity contribution < 1.29 is 13.5 Å². The lowest BCUT2D eigenvalue weighted by Crippen LogP contribution is -2.13. The fourth-order valence-electron chi connectivity index (χ4n) is 1.64. The van der Waals surface area contributed by atoms with E-state index in [1.807, 2.05) is 0 Å². The maximum absolute atomic E-state index is 12.3. The monoisotopic (exact) mass is 419 g/mol. The number of hydrogen-bond acceptors (Lipinski definition) is 3. The molecule has 0 atom stereocenters. The average Bonchev–Trinajstić information content (AvgIpc) is 2.37. The van der Waals surface area contributed by atoms with Crippen LogP contribution in [0.3, 0.4) is 0 Å². The molecule has 0 aliphatic carbocycles. The summed E-state index contributed by atoms with van der Waals surface area (Å²) in [6.07, 6.45) is 0. The fourth-order valence-corrected chi connectivity index (χ4v) is 4.43. The Morgan fingerprint density at radius 2 is 1.85 bits per heavy atom. The summed E-state index contributed by atoms with van der Waals surface area (Å²) in [6, 6.07) is 11.4. The van der Waals surface area contributed by atoms with E-state index in [-0.39, 0.29) is 11.5 Å². The van der Waals surface area contributed by atoms with Crippen molar-refractivity contribution in [3.63, 3.8) is 0 Å². The fraction of sp³-hybridized carbons (Fsp3) is 0.0769. The van der Waals surface area contributed by atoms with Crippen LogP contribution in [0.5, 0.6) is 0 Å². The van der Waals surface area contributed by atoms with Crippen molar-refractivity contribution in [3.8, 4) is 0 Å². The minimum Gasteiger partial charge on any atom is -0.392 e. The summed E-state index contributed by atoms with van der Waals surface area (Å²) in [4.78, 5) is 0.148. The summed E-state index contributed by atoms with van der Waals surface area (Å²) in [6.45, 7) is -0.141. The van der Waals surface area contributed by atoms with Crippen LogP contribution in [0.2, 0.25) is 0 Å². The lowest BCUT2D eigenvalue weighted by molar-refractivity contribution is 0.282. The third-order valence-electron chi connectivity index (χ3n) is 2.55. The van der Waals surface area contributed by atoms with Gasteiger partial charge in [-0.2, -0.15) is 0 Å². The molecule has 4 nitrogen and oxygen atoms in total. The zero-order valence-electron chi connectivity index (χ0n) is 10.2. The number of hydrogen-bond donors (Lipinski definition) is 2. The van der Waals surface area contributed by atoms with Gasteiger partial charge in [0, 0.05) is 14.6 Å². The number of sulfonamides is 1. The predicted molar refractivity (Wildman–Crippen MR) is 85.0 cm³/mol. The summed E-state index contributed by atoms with van der Waals surface area (Å²) in [5.41, 5.74) is 1.05. The highest BCUT2D eigenvalue weighted by Gasteiger charge is 2.17. The third kappa shape index (κ3) is 3.60. The molecule has 0 fully saturated rings. The normalized spacial score (nSPS) is 11.3. The molecule has 0 radical (unpaired) electrons. The van der Waals surface area contributed by atoms with Gasteiger partial charge in [-0.15, -0.1) is 0 Å². The molecule has 7 heteroatoms. The summed E-state index contributed by atoms with van der Waals surface area (Å²) in [7, 11) is -3.69. The van der Waals surface area contributed by atoms with E-state index in [4.69, 9.17) is 5.11 Å². The molecule has 0 aliphatic heterocycles. The van der Waals surface area contributed by atoms with Gasteiger partial charge in [-0.3, -0.25) is 4.72 Å². The second-order valence-corrected chi connectivity index (χ2v) is 7.46. The van der Waals surface area contributed by atoms with E-state index >= 15 is 0 Å². The number of aliphatic hydroxyl groups excluding tert-OH is 1. The summed E-state index contributed by atoms with van der Waals surface area (Å²) in [5.74, 6) is 0. The molecule has 0 amide bonds. The Kier molecular flexibility index (Phi) is 4.85. The molecule has 0 aromatic heterocycles. The highest BCUT2D eigenvalue weighted by atomic mass is 79.9. The Balaban J connectivity index is 2.35. The molecule has 2 aromatic carbocycles. The minimum atomic E-state index is -3.69. The molecule has 0 unspecified atom stereocenters. The van der Waals surface area contributed by atoms with Gasteiger partial charge < -0.3 is 5.11 Å². The molecule has 0 heterocycles. The van der Waals surface area contributed by atoms with Crippen LogP contribution < -0.4 is 4.72 Å². The first-order chi connectivity index (χ1) is 9.42. The van der Waals surface area contributed by atoms with Gasteiger partial charge in [-0.1, -0.05) is 28.1 Å². The molecule has 0 aliphatic rings. The Morgan fingerprint density at radius 1 is 1.10 bits per heavy atom. The summed E-state index contributed by atoms with van der Waals surface area (Å²) in [5, 5.41) is 9.06. The van der Waals surface area contributed by atoms with Gasteiger partial charge in [0.25, 0.3) is 10.0 Å². The van der Waals surface area contributed by atoms with Crippen LogP contribution in [-0.4, -0.2) is 13.5 Å². The van der Waals surface area contributed by atoms with Crippen LogP contribution in [0.4, 0.5) is 5.69 Å². The molecule has 0 saturated carbocycles. The second kappa shape index (κ2) is 6.26. The Labute approximate surface area is 134 Å². The lowest BCUT2D eigenvalue weighted by atomic mass is 10.2. The van der Waals surface area contributed by atoms with E-state index in [9.17, 15) is 8.42 Å².